The second-order valence-electron chi connectivity index (χ2n) is 2.49. The van der Waals surface area contributed by atoms with Gasteiger partial charge in [-0.1, -0.05) is 22.0 Å². The van der Waals surface area contributed by atoms with E-state index >= 15 is 0 Å². The Balaban J connectivity index is 2.71. The highest BCUT2D eigenvalue weighted by atomic mass is 79.9. The molecule has 64 valence electrons. The van der Waals surface area contributed by atoms with Gasteiger partial charge in [-0.25, -0.2) is 9.97 Å². The van der Waals surface area contributed by atoms with E-state index in [2.05, 4.69) is 38.9 Å². The Kier molecular flexibility index (Phi) is 3.94. The van der Waals surface area contributed by atoms with Crippen LogP contribution in [-0.4, -0.2) is 15.3 Å². The minimum Gasteiger partial charge on any atom is -0.244 e. The van der Waals surface area contributed by atoms with Gasteiger partial charge in [0.1, 0.15) is 6.33 Å². The van der Waals surface area contributed by atoms with E-state index in [1.165, 1.54) is 5.57 Å². The van der Waals surface area contributed by atoms with Gasteiger partial charge >= 0.3 is 0 Å². The summed E-state index contributed by atoms with van der Waals surface area (Å²) in [7, 11) is 0. The van der Waals surface area contributed by atoms with Crippen molar-refractivity contribution in [2.24, 2.45) is 0 Å². The van der Waals surface area contributed by atoms with E-state index in [1.54, 1.807) is 6.33 Å². The molecule has 12 heavy (non-hydrogen) atoms. The quantitative estimate of drug-likeness (QED) is 0.742. The maximum atomic E-state index is 3.95. The molecule has 0 aromatic carbocycles. The molecule has 2 nitrogen and oxygen atoms in total. The van der Waals surface area contributed by atoms with Crippen molar-refractivity contribution >= 4 is 21.5 Å². The monoisotopic (exact) mass is 226 g/mol. The van der Waals surface area contributed by atoms with Crippen molar-refractivity contribution in [3.63, 3.8) is 0 Å². The fourth-order valence-corrected chi connectivity index (χ4v) is 1.12. The summed E-state index contributed by atoms with van der Waals surface area (Å²) >= 11 is 3.37. The summed E-state index contributed by atoms with van der Waals surface area (Å²) in [6.45, 7) is 2.07. The number of aromatic nitrogens is 2. The maximum absolute atomic E-state index is 3.95. The van der Waals surface area contributed by atoms with Gasteiger partial charge in [-0.3, -0.25) is 0 Å². The topological polar surface area (TPSA) is 25.8 Å². The number of hydrogen-bond acceptors (Lipinski definition) is 2. The van der Waals surface area contributed by atoms with Crippen LogP contribution in [0.15, 0.2) is 24.8 Å². The van der Waals surface area contributed by atoms with Crippen LogP contribution >= 0.6 is 15.9 Å². The first-order valence-electron chi connectivity index (χ1n) is 3.82. The Morgan fingerprint density at radius 1 is 1.50 bits per heavy atom. The van der Waals surface area contributed by atoms with Gasteiger partial charge in [0.15, 0.2) is 0 Å². The van der Waals surface area contributed by atoms with Gasteiger partial charge in [0.2, 0.25) is 0 Å². The fraction of sp³-hybridized carbons (Fsp3) is 0.333. The minimum absolute atomic E-state index is 0.998. The van der Waals surface area contributed by atoms with Crippen LogP contribution in [0.3, 0.4) is 0 Å². The molecule has 0 aliphatic rings. The molecule has 0 aliphatic carbocycles. The number of hydrogen-bond donors (Lipinski definition) is 0. The molecule has 1 aromatic heterocycles. The summed E-state index contributed by atoms with van der Waals surface area (Å²) in [5.41, 5.74) is 2.33. The lowest BCUT2D eigenvalue weighted by Crippen LogP contribution is -1.83. The zero-order valence-corrected chi connectivity index (χ0v) is 8.58. The normalized spacial score (nSPS) is 11.7. The first-order valence-corrected chi connectivity index (χ1v) is 4.95. The van der Waals surface area contributed by atoms with Crippen LogP contribution in [-0.2, 0) is 0 Å². The zero-order valence-electron chi connectivity index (χ0n) is 7.00. The smallest absolute Gasteiger partial charge is 0.115 e. The van der Waals surface area contributed by atoms with Crippen molar-refractivity contribution in [2.45, 2.75) is 13.3 Å². The SMILES string of the molecule is CC(=CCCBr)c1cncnc1. The lowest BCUT2D eigenvalue weighted by atomic mass is 10.1. The fourth-order valence-electron chi connectivity index (χ4n) is 0.892. The van der Waals surface area contributed by atoms with Gasteiger partial charge in [-0.15, -0.1) is 0 Å². The van der Waals surface area contributed by atoms with E-state index in [-0.39, 0.29) is 0 Å². The van der Waals surface area contributed by atoms with Gasteiger partial charge in [0.05, 0.1) is 0 Å². The third kappa shape index (κ3) is 2.74. The molecular weight excluding hydrogens is 216 g/mol. The van der Waals surface area contributed by atoms with Gasteiger partial charge in [0.25, 0.3) is 0 Å². The Hall–Kier alpha value is -0.700. The summed E-state index contributed by atoms with van der Waals surface area (Å²) in [6, 6.07) is 0. The van der Waals surface area contributed by atoms with Crippen LogP contribution in [0.2, 0.25) is 0 Å². The highest BCUT2D eigenvalue weighted by Crippen LogP contribution is 2.11. The number of halogens is 1. The summed E-state index contributed by atoms with van der Waals surface area (Å²) < 4.78 is 0. The van der Waals surface area contributed by atoms with E-state index in [4.69, 9.17) is 0 Å². The molecule has 1 aromatic rings. The molecule has 1 heterocycles. The van der Waals surface area contributed by atoms with Crippen molar-refractivity contribution < 1.29 is 0 Å². The third-order valence-electron chi connectivity index (χ3n) is 1.58. The predicted octanol–water partition coefficient (Wildman–Crippen LogP) is 2.66. The molecule has 3 heteroatoms. The van der Waals surface area contributed by atoms with Crippen molar-refractivity contribution in [1.82, 2.24) is 9.97 Å². The average molecular weight is 227 g/mol. The van der Waals surface area contributed by atoms with Crippen LogP contribution in [0.5, 0.6) is 0 Å². The Bertz CT molecular complexity index is 256. The van der Waals surface area contributed by atoms with Gasteiger partial charge < -0.3 is 0 Å². The predicted molar refractivity (Wildman–Crippen MR) is 54.1 cm³/mol. The van der Waals surface area contributed by atoms with Crippen LogP contribution in [0.25, 0.3) is 5.57 Å². The van der Waals surface area contributed by atoms with Crippen LogP contribution in [0.4, 0.5) is 0 Å². The molecule has 0 atom stereocenters. The number of alkyl halides is 1. The highest BCUT2D eigenvalue weighted by molar-refractivity contribution is 9.09. The number of rotatable bonds is 3. The lowest BCUT2D eigenvalue weighted by Gasteiger charge is -1.97. The molecule has 0 fully saturated rings. The summed E-state index contributed by atoms with van der Waals surface area (Å²) in [6.07, 6.45) is 8.41. The molecule has 0 unspecified atom stereocenters. The van der Waals surface area contributed by atoms with Crippen LogP contribution < -0.4 is 0 Å². The van der Waals surface area contributed by atoms with Gasteiger partial charge in [-0.2, -0.15) is 0 Å². The summed E-state index contributed by atoms with van der Waals surface area (Å²) in [4.78, 5) is 7.90. The van der Waals surface area contributed by atoms with Crippen molar-refractivity contribution in [3.8, 4) is 0 Å². The van der Waals surface area contributed by atoms with Gasteiger partial charge in [0, 0.05) is 23.3 Å². The van der Waals surface area contributed by atoms with Crippen LogP contribution in [0.1, 0.15) is 18.9 Å². The summed E-state index contributed by atoms with van der Waals surface area (Å²) in [5.74, 6) is 0. The molecule has 1 rings (SSSR count). The van der Waals surface area contributed by atoms with Crippen molar-refractivity contribution in [1.29, 1.82) is 0 Å². The molecule has 0 saturated heterocycles. The molecule has 0 aliphatic heterocycles. The first kappa shape index (κ1) is 9.39. The largest absolute Gasteiger partial charge is 0.244 e. The molecule has 0 amide bonds. The van der Waals surface area contributed by atoms with E-state index < -0.39 is 0 Å². The van der Waals surface area contributed by atoms with E-state index in [9.17, 15) is 0 Å². The molecule has 0 saturated carbocycles. The summed E-state index contributed by atoms with van der Waals surface area (Å²) in [5, 5.41) is 0.998. The lowest BCUT2D eigenvalue weighted by molar-refractivity contribution is 1.15. The van der Waals surface area contributed by atoms with Crippen molar-refractivity contribution in [2.75, 3.05) is 5.33 Å². The van der Waals surface area contributed by atoms with E-state index in [0.717, 1.165) is 17.3 Å². The van der Waals surface area contributed by atoms with E-state index in [1.807, 2.05) is 12.4 Å². The average Bonchev–Trinajstić information content (AvgIpc) is 2.15. The molecule has 0 bridgehead atoms. The number of allylic oxidation sites excluding steroid dienone is 2. The Morgan fingerprint density at radius 3 is 2.75 bits per heavy atom. The highest BCUT2D eigenvalue weighted by Gasteiger charge is 1.93. The standard InChI is InChI=1S/C9H11BrN2/c1-8(3-2-4-10)9-5-11-7-12-6-9/h3,5-7H,2,4H2,1H3. The molecule has 0 spiro atoms. The first-order chi connectivity index (χ1) is 5.84. The second kappa shape index (κ2) is 5.04. The molecule has 0 N–H and O–H groups in total. The zero-order chi connectivity index (χ0) is 8.81. The Labute approximate surface area is 80.9 Å². The maximum Gasteiger partial charge on any atom is 0.115 e. The molecule has 0 radical (unpaired) electrons. The Morgan fingerprint density at radius 2 is 2.17 bits per heavy atom. The minimum atomic E-state index is 0.998. The molecular formula is C9H11BrN2. The van der Waals surface area contributed by atoms with Crippen LogP contribution in [0, 0.1) is 0 Å². The van der Waals surface area contributed by atoms with Gasteiger partial charge in [-0.05, 0) is 18.9 Å². The number of nitrogens with zero attached hydrogens (tertiary/aromatic N) is 2. The third-order valence-corrected chi connectivity index (χ3v) is 2.03. The second-order valence-corrected chi connectivity index (χ2v) is 3.28. The van der Waals surface area contributed by atoms with E-state index in [0.29, 0.717) is 0 Å². The van der Waals surface area contributed by atoms with Crippen molar-refractivity contribution in [3.05, 3.63) is 30.4 Å².